The van der Waals surface area contributed by atoms with Crippen molar-refractivity contribution in [3.05, 3.63) is 0 Å². The van der Waals surface area contributed by atoms with E-state index < -0.39 is 22.0 Å². The average Bonchev–Trinajstić information content (AvgIpc) is 3.01. The minimum atomic E-state index is -3.48. The monoisotopic (exact) mass is 277 g/mol. The highest BCUT2D eigenvalue weighted by Crippen LogP contribution is 2.48. The summed E-state index contributed by atoms with van der Waals surface area (Å²) in [6.07, 6.45) is 4.66. The van der Waals surface area contributed by atoms with E-state index in [-0.39, 0.29) is 11.2 Å². The van der Waals surface area contributed by atoms with Gasteiger partial charge in [0.1, 0.15) is 6.04 Å². The van der Waals surface area contributed by atoms with Gasteiger partial charge in [0.25, 0.3) is 0 Å². The van der Waals surface area contributed by atoms with Crippen LogP contribution in [0.2, 0.25) is 0 Å². The summed E-state index contributed by atoms with van der Waals surface area (Å²) >= 11 is 0. The Hall–Kier alpha value is -0.620. The van der Waals surface area contributed by atoms with Gasteiger partial charge >= 0.3 is 5.97 Å². The molecule has 6 heteroatoms. The van der Waals surface area contributed by atoms with Crippen LogP contribution in [0.5, 0.6) is 0 Å². The first-order valence-corrected chi connectivity index (χ1v) is 8.16. The number of sulfonamides is 1. The van der Waals surface area contributed by atoms with Crippen LogP contribution in [0.3, 0.4) is 0 Å². The summed E-state index contributed by atoms with van der Waals surface area (Å²) in [5.41, 5.74) is 0.164. The quantitative estimate of drug-likeness (QED) is 0.672. The molecule has 0 heterocycles. The van der Waals surface area contributed by atoms with Crippen LogP contribution >= 0.6 is 0 Å². The zero-order valence-electron chi connectivity index (χ0n) is 11.1. The fourth-order valence-electron chi connectivity index (χ4n) is 1.76. The molecular formula is C12H23NO4S. The van der Waals surface area contributed by atoms with Crippen molar-refractivity contribution in [2.24, 2.45) is 5.41 Å². The Morgan fingerprint density at radius 3 is 2.50 bits per heavy atom. The van der Waals surface area contributed by atoms with Crippen molar-refractivity contribution in [1.82, 2.24) is 4.72 Å². The van der Waals surface area contributed by atoms with Crippen LogP contribution in [-0.4, -0.2) is 31.3 Å². The maximum atomic E-state index is 11.8. The number of carboxylic acid groups (broad SMARTS) is 1. The second-order valence-corrected chi connectivity index (χ2v) is 7.40. The molecular weight excluding hydrogens is 254 g/mol. The number of hydrogen-bond acceptors (Lipinski definition) is 3. The highest BCUT2D eigenvalue weighted by Gasteiger charge is 2.38. The van der Waals surface area contributed by atoms with Gasteiger partial charge in [-0.3, -0.25) is 4.79 Å². The van der Waals surface area contributed by atoms with E-state index in [9.17, 15) is 13.2 Å². The topological polar surface area (TPSA) is 83.5 Å². The van der Waals surface area contributed by atoms with Crippen molar-refractivity contribution in [2.45, 2.75) is 58.4 Å². The first kappa shape index (κ1) is 15.4. The van der Waals surface area contributed by atoms with Crippen molar-refractivity contribution in [1.29, 1.82) is 0 Å². The first-order chi connectivity index (χ1) is 8.28. The molecule has 0 radical (unpaired) electrons. The van der Waals surface area contributed by atoms with Crippen molar-refractivity contribution in [3.8, 4) is 0 Å². The van der Waals surface area contributed by atoms with E-state index in [1.54, 1.807) is 0 Å². The van der Waals surface area contributed by atoms with E-state index in [0.717, 1.165) is 19.3 Å². The number of rotatable bonds is 9. The van der Waals surface area contributed by atoms with Gasteiger partial charge in [-0.1, -0.05) is 26.7 Å². The van der Waals surface area contributed by atoms with Gasteiger partial charge in [-0.05, 0) is 31.1 Å². The maximum absolute atomic E-state index is 11.8. The van der Waals surface area contributed by atoms with E-state index in [1.807, 2.05) is 6.92 Å². The summed E-state index contributed by atoms with van der Waals surface area (Å²) in [5.74, 6) is -1.07. The Bertz CT molecular complexity index is 387. The fourth-order valence-corrected chi connectivity index (χ4v) is 3.29. The second-order valence-electron chi connectivity index (χ2n) is 5.53. The van der Waals surface area contributed by atoms with Gasteiger partial charge in [-0.15, -0.1) is 0 Å². The number of carboxylic acids is 1. The van der Waals surface area contributed by atoms with Gasteiger partial charge in [0.2, 0.25) is 10.0 Å². The number of aliphatic carboxylic acids is 1. The summed E-state index contributed by atoms with van der Waals surface area (Å²) < 4.78 is 25.9. The molecule has 1 rings (SSSR count). The lowest BCUT2D eigenvalue weighted by Gasteiger charge is -2.15. The molecule has 18 heavy (non-hydrogen) atoms. The van der Waals surface area contributed by atoms with Crippen LogP contribution in [-0.2, 0) is 14.8 Å². The lowest BCUT2D eigenvalue weighted by molar-refractivity contribution is -0.139. The van der Waals surface area contributed by atoms with Crippen molar-refractivity contribution < 1.29 is 18.3 Å². The molecule has 1 fully saturated rings. The van der Waals surface area contributed by atoms with E-state index in [1.165, 1.54) is 0 Å². The largest absolute Gasteiger partial charge is 0.480 e. The van der Waals surface area contributed by atoms with E-state index in [0.29, 0.717) is 19.3 Å². The first-order valence-electron chi connectivity index (χ1n) is 6.51. The summed E-state index contributed by atoms with van der Waals surface area (Å²) in [6, 6.07) is -0.984. The molecule has 1 aliphatic rings. The molecule has 1 aliphatic carbocycles. The molecule has 0 bridgehead atoms. The Labute approximate surface area is 109 Å². The number of hydrogen-bond donors (Lipinski definition) is 2. The van der Waals surface area contributed by atoms with Crippen LogP contribution in [0.25, 0.3) is 0 Å². The SMILES string of the molecule is CCCC[C@H](NS(=O)(=O)CCC1(C)CC1)C(=O)O. The standard InChI is InChI=1S/C12H23NO4S/c1-3-4-5-10(11(14)15)13-18(16,17)9-8-12(2)6-7-12/h10,13H,3-9H2,1-2H3,(H,14,15)/t10-/m0/s1. The van der Waals surface area contributed by atoms with E-state index >= 15 is 0 Å². The van der Waals surface area contributed by atoms with Crippen LogP contribution in [0.4, 0.5) is 0 Å². The summed E-state index contributed by atoms with van der Waals surface area (Å²) in [4.78, 5) is 11.0. The van der Waals surface area contributed by atoms with Gasteiger partial charge in [0.15, 0.2) is 0 Å². The predicted molar refractivity (Wildman–Crippen MR) is 69.8 cm³/mol. The number of nitrogens with one attached hydrogen (secondary N) is 1. The lowest BCUT2D eigenvalue weighted by Crippen LogP contribution is -2.42. The molecule has 0 amide bonds. The van der Waals surface area contributed by atoms with E-state index in [4.69, 9.17) is 5.11 Å². The van der Waals surface area contributed by atoms with Crippen LogP contribution < -0.4 is 4.72 Å². The molecule has 0 aromatic carbocycles. The maximum Gasteiger partial charge on any atom is 0.321 e. The molecule has 1 atom stereocenters. The predicted octanol–water partition coefficient (Wildman–Crippen LogP) is 1.74. The summed E-state index contributed by atoms with van der Waals surface area (Å²) in [5, 5.41) is 8.98. The summed E-state index contributed by atoms with van der Waals surface area (Å²) in [7, 11) is -3.48. The number of unbranched alkanes of at least 4 members (excludes halogenated alkanes) is 1. The normalized spacial score (nSPS) is 19.4. The highest BCUT2D eigenvalue weighted by molar-refractivity contribution is 7.89. The number of carbonyl (C=O) groups is 1. The van der Waals surface area contributed by atoms with Gasteiger partial charge in [-0.25, -0.2) is 13.1 Å². The van der Waals surface area contributed by atoms with Crippen molar-refractivity contribution in [3.63, 3.8) is 0 Å². The molecule has 0 aromatic heterocycles. The Kier molecular flexibility index (Phi) is 5.16. The molecule has 0 saturated heterocycles. The molecule has 0 aliphatic heterocycles. The molecule has 0 aromatic rings. The fraction of sp³-hybridized carbons (Fsp3) is 0.917. The van der Waals surface area contributed by atoms with Crippen molar-refractivity contribution >= 4 is 16.0 Å². The minimum absolute atomic E-state index is 0.0272. The van der Waals surface area contributed by atoms with Gasteiger partial charge < -0.3 is 5.11 Å². The Balaban J connectivity index is 2.47. The minimum Gasteiger partial charge on any atom is -0.480 e. The Morgan fingerprint density at radius 2 is 2.06 bits per heavy atom. The van der Waals surface area contributed by atoms with Crippen LogP contribution in [0, 0.1) is 5.41 Å². The molecule has 0 spiro atoms. The molecule has 2 N–H and O–H groups in total. The third-order valence-corrected chi connectivity index (χ3v) is 4.93. The molecule has 106 valence electrons. The third-order valence-electron chi connectivity index (χ3n) is 3.54. The lowest BCUT2D eigenvalue weighted by atomic mass is 10.1. The molecule has 0 unspecified atom stereocenters. The smallest absolute Gasteiger partial charge is 0.321 e. The zero-order valence-corrected chi connectivity index (χ0v) is 11.9. The van der Waals surface area contributed by atoms with Crippen molar-refractivity contribution in [2.75, 3.05) is 5.75 Å². The third kappa shape index (κ3) is 5.35. The molecule has 5 nitrogen and oxygen atoms in total. The van der Waals surface area contributed by atoms with Gasteiger partial charge in [-0.2, -0.15) is 0 Å². The van der Waals surface area contributed by atoms with E-state index in [2.05, 4.69) is 11.6 Å². The second kappa shape index (κ2) is 6.02. The zero-order chi connectivity index (χ0) is 13.8. The summed E-state index contributed by atoms with van der Waals surface area (Å²) in [6.45, 7) is 4.01. The van der Waals surface area contributed by atoms with Crippen LogP contribution in [0.15, 0.2) is 0 Å². The Morgan fingerprint density at radius 1 is 1.44 bits per heavy atom. The van der Waals surface area contributed by atoms with Gasteiger partial charge in [0, 0.05) is 0 Å². The average molecular weight is 277 g/mol. The highest BCUT2D eigenvalue weighted by atomic mass is 32.2. The molecule has 1 saturated carbocycles. The van der Waals surface area contributed by atoms with Gasteiger partial charge in [0.05, 0.1) is 5.75 Å². The van der Waals surface area contributed by atoms with Crippen LogP contribution in [0.1, 0.15) is 52.4 Å².